The molecule has 1 atom stereocenters. The number of benzene rings is 3. The molecule has 1 fully saturated rings. The highest BCUT2D eigenvalue weighted by molar-refractivity contribution is 7.89. The maximum atomic E-state index is 13.1. The number of hydrogen-bond donors (Lipinski definition) is 1. The van der Waals surface area contributed by atoms with Gasteiger partial charge in [-0.05, 0) is 60.0 Å². The van der Waals surface area contributed by atoms with Crippen LogP contribution in [0.2, 0.25) is 0 Å². The van der Waals surface area contributed by atoms with Gasteiger partial charge in [-0.25, -0.2) is 12.8 Å². The molecule has 6 nitrogen and oxygen atoms in total. The molecule has 0 radical (unpaired) electrons. The Balaban J connectivity index is 1.28. The molecule has 32 heavy (non-hydrogen) atoms. The maximum absolute atomic E-state index is 13.1. The lowest BCUT2D eigenvalue weighted by Gasteiger charge is -2.31. The van der Waals surface area contributed by atoms with E-state index in [9.17, 15) is 17.6 Å². The molecular formula is C24H25FN2O4S. The number of nitrogens with zero attached hydrogens (tertiary/aromatic N) is 1. The quantitative estimate of drug-likeness (QED) is 0.552. The van der Waals surface area contributed by atoms with Gasteiger partial charge in [-0.2, -0.15) is 4.31 Å². The predicted octanol–water partition coefficient (Wildman–Crippen LogP) is 3.57. The van der Waals surface area contributed by atoms with Crippen molar-refractivity contribution in [1.29, 1.82) is 0 Å². The van der Waals surface area contributed by atoms with Crippen molar-refractivity contribution in [2.45, 2.75) is 17.7 Å². The van der Waals surface area contributed by atoms with E-state index in [1.165, 1.54) is 16.4 Å². The van der Waals surface area contributed by atoms with Crippen LogP contribution in [0.5, 0.6) is 5.75 Å². The summed E-state index contributed by atoms with van der Waals surface area (Å²) in [6, 6.07) is 18.6. The Morgan fingerprint density at radius 2 is 1.81 bits per heavy atom. The van der Waals surface area contributed by atoms with Crippen molar-refractivity contribution >= 4 is 26.7 Å². The van der Waals surface area contributed by atoms with Crippen LogP contribution in [0.1, 0.15) is 12.8 Å². The molecule has 3 aromatic carbocycles. The fourth-order valence-electron chi connectivity index (χ4n) is 3.88. The molecule has 1 unspecified atom stereocenters. The van der Waals surface area contributed by atoms with Gasteiger partial charge < -0.3 is 10.1 Å². The number of hydrogen-bond acceptors (Lipinski definition) is 4. The largest absolute Gasteiger partial charge is 0.492 e. The second-order valence-electron chi connectivity index (χ2n) is 7.80. The van der Waals surface area contributed by atoms with E-state index in [4.69, 9.17) is 4.74 Å². The number of sulfonamides is 1. The number of amides is 1. The summed E-state index contributed by atoms with van der Waals surface area (Å²) in [5.74, 6) is -0.385. The van der Waals surface area contributed by atoms with Crippen LogP contribution < -0.4 is 10.1 Å². The molecule has 1 aliphatic heterocycles. The number of piperidine rings is 1. The van der Waals surface area contributed by atoms with Crippen LogP contribution in [-0.4, -0.2) is 44.9 Å². The van der Waals surface area contributed by atoms with Crippen molar-refractivity contribution in [3.63, 3.8) is 0 Å². The van der Waals surface area contributed by atoms with E-state index in [0.717, 1.165) is 28.7 Å². The van der Waals surface area contributed by atoms with Gasteiger partial charge in [0.1, 0.15) is 18.2 Å². The molecule has 168 valence electrons. The highest BCUT2D eigenvalue weighted by Crippen LogP contribution is 2.24. The van der Waals surface area contributed by atoms with Crippen molar-refractivity contribution < 1.29 is 22.3 Å². The maximum Gasteiger partial charge on any atom is 0.243 e. The average molecular weight is 457 g/mol. The van der Waals surface area contributed by atoms with Gasteiger partial charge in [0.25, 0.3) is 0 Å². The minimum absolute atomic E-state index is 0.0312. The standard InChI is InChI=1S/C24H25FN2O4S/c25-21-8-11-23(12-9-21)32(29,30)27-14-3-6-20(17-27)24(28)26-13-15-31-22-10-7-18-4-1-2-5-19(18)16-22/h1-2,4-5,7-12,16,20H,3,6,13-15,17H2,(H,26,28). The van der Waals surface area contributed by atoms with E-state index < -0.39 is 21.8 Å². The minimum atomic E-state index is -3.76. The third kappa shape index (κ3) is 5.08. The summed E-state index contributed by atoms with van der Waals surface area (Å²) in [6.07, 6.45) is 1.21. The SMILES string of the molecule is O=C(NCCOc1ccc2ccccc2c1)C1CCCN(S(=O)(=O)c2ccc(F)cc2)C1. The van der Waals surface area contributed by atoms with Crippen LogP contribution in [0.4, 0.5) is 4.39 Å². The lowest BCUT2D eigenvalue weighted by molar-refractivity contribution is -0.126. The Morgan fingerprint density at radius 1 is 1.06 bits per heavy atom. The van der Waals surface area contributed by atoms with E-state index in [1.807, 2.05) is 42.5 Å². The number of carbonyl (C=O) groups is 1. The zero-order valence-electron chi connectivity index (χ0n) is 17.5. The van der Waals surface area contributed by atoms with E-state index in [2.05, 4.69) is 5.32 Å². The van der Waals surface area contributed by atoms with Gasteiger partial charge in [-0.1, -0.05) is 30.3 Å². The lowest BCUT2D eigenvalue weighted by Crippen LogP contribution is -2.45. The molecule has 1 N–H and O–H groups in total. The van der Waals surface area contributed by atoms with Gasteiger partial charge in [0, 0.05) is 13.1 Å². The molecule has 0 spiro atoms. The zero-order chi connectivity index (χ0) is 22.6. The fourth-order valence-corrected chi connectivity index (χ4v) is 5.40. The Hall–Kier alpha value is -2.97. The first kappa shape index (κ1) is 22.2. The summed E-state index contributed by atoms with van der Waals surface area (Å²) in [5.41, 5.74) is 0. The van der Waals surface area contributed by atoms with E-state index in [0.29, 0.717) is 32.5 Å². The van der Waals surface area contributed by atoms with E-state index >= 15 is 0 Å². The van der Waals surface area contributed by atoms with Gasteiger partial charge in [-0.15, -0.1) is 0 Å². The summed E-state index contributed by atoms with van der Waals surface area (Å²) in [6.45, 7) is 1.09. The van der Waals surface area contributed by atoms with Crippen LogP contribution >= 0.6 is 0 Å². The van der Waals surface area contributed by atoms with Crippen LogP contribution in [-0.2, 0) is 14.8 Å². The highest BCUT2D eigenvalue weighted by Gasteiger charge is 2.33. The third-order valence-corrected chi connectivity index (χ3v) is 7.48. The smallest absolute Gasteiger partial charge is 0.243 e. The molecule has 1 aliphatic rings. The lowest BCUT2D eigenvalue weighted by atomic mass is 9.99. The van der Waals surface area contributed by atoms with Crippen LogP contribution in [0.3, 0.4) is 0 Å². The van der Waals surface area contributed by atoms with Crippen molar-refractivity contribution in [2.75, 3.05) is 26.2 Å². The van der Waals surface area contributed by atoms with Gasteiger partial charge in [-0.3, -0.25) is 4.79 Å². The molecule has 0 aliphatic carbocycles. The molecule has 0 saturated carbocycles. The molecule has 1 heterocycles. The number of carbonyl (C=O) groups excluding carboxylic acids is 1. The monoisotopic (exact) mass is 456 g/mol. The Morgan fingerprint density at radius 3 is 2.59 bits per heavy atom. The van der Waals surface area contributed by atoms with Crippen LogP contribution in [0.15, 0.2) is 71.6 Å². The van der Waals surface area contributed by atoms with E-state index in [1.54, 1.807) is 0 Å². The summed E-state index contributed by atoms with van der Waals surface area (Å²) >= 11 is 0. The fraction of sp³-hybridized carbons (Fsp3) is 0.292. The van der Waals surface area contributed by atoms with E-state index in [-0.39, 0.29) is 17.3 Å². The van der Waals surface area contributed by atoms with Crippen LogP contribution in [0.25, 0.3) is 10.8 Å². The molecule has 4 rings (SSSR count). The summed E-state index contributed by atoms with van der Waals surface area (Å²) < 4.78 is 45.8. The van der Waals surface area contributed by atoms with Gasteiger partial charge in [0.15, 0.2) is 0 Å². The normalized spacial score (nSPS) is 17.2. The second kappa shape index (κ2) is 9.67. The number of nitrogens with one attached hydrogen (secondary N) is 1. The Kier molecular flexibility index (Phi) is 6.72. The summed E-state index contributed by atoms with van der Waals surface area (Å²) in [4.78, 5) is 12.6. The van der Waals surface area contributed by atoms with Crippen LogP contribution in [0, 0.1) is 11.7 Å². The first-order valence-corrected chi connectivity index (χ1v) is 12.0. The summed E-state index contributed by atoms with van der Waals surface area (Å²) in [5, 5.41) is 5.06. The number of halogens is 1. The van der Waals surface area contributed by atoms with Crippen molar-refractivity contribution in [3.05, 3.63) is 72.5 Å². The first-order chi connectivity index (χ1) is 15.4. The molecule has 1 saturated heterocycles. The number of rotatable bonds is 7. The van der Waals surface area contributed by atoms with Crippen molar-refractivity contribution in [1.82, 2.24) is 9.62 Å². The Bertz CT molecular complexity index is 1200. The zero-order valence-corrected chi connectivity index (χ0v) is 18.4. The molecule has 1 amide bonds. The third-order valence-electron chi connectivity index (χ3n) is 5.60. The topological polar surface area (TPSA) is 75.7 Å². The molecular weight excluding hydrogens is 431 g/mol. The molecule has 0 bridgehead atoms. The average Bonchev–Trinajstić information content (AvgIpc) is 2.82. The predicted molar refractivity (Wildman–Crippen MR) is 120 cm³/mol. The van der Waals surface area contributed by atoms with Crippen molar-refractivity contribution in [2.24, 2.45) is 5.92 Å². The van der Waals surface area contributed by atoms with Gasteiger partial charge in [0.2, 0.25) is 15.9 Å². The number of ether oxygens (including phenoxy) is 1. The molecule has 0 aromatic heterocycles. The molecule has 3 aromatic rings. The summed E-state index contributed by atoms with van der Waals surface area (Å²) in [7, 11) is -3.76. The van der Waals surface area contributed by atoms with Gasteiger partial charge in [0.05, 0.1) is 17.4 Å². The molecule has 8 heteroatoms. The second-order valence-corrected chi connectivity index (χ2v) is 9.74. The van der Waals surface area contributed by atoms with Gasteiger partial charge >= 0.3 is 0 Å². The highest BCUT2D eigenvalue weighted by atomic mass is 32.2. The number of fused-ring (bicyclic) bond motifs is 1. The Labute approximate surface area is 187 Å². The van der Waals surface area contributed by atoms with Crippen molar-refractivity contribution in [3.8, 4) is 5.75 Å². The first-order valence-electron chi connectivity index (χ1n) is 10.6. The minimum Gasteiger partial charge on any atom is -0.492 e.